The van der Waals surface area contributed by atoms with Crippen LogP contribution in [0.2, 0.25) is 10.0 Å². The van der Waals surface area contributed by atoms with Gasteiger partial charge >= 0.3 is 5.97 Å². The van der Waals surface area contributed by atoms with Crippen molar-refractivity contribution < 1.29 is 19.4 Å². The molecule has 0 bridgehead atoms. The predicted molar refractivity (Wildman–Crippen MR) is 71.8 cm³/mol. The number of benzene rings is 1. The van der Waals surface area contributed by atoms with E-state index in [1.807, 2.05) is 0 Å². The van der Waals surface area contributed by atoms with Crippen molar-refractivity contribution in [3.63, 3.8) is 0 Å². The van der Waals surface area contributed by atoms with Crippen molar-refractivity contribution in [1.29, 1.82) is 0 Å². The van der Waals surface area contributed by atoms with Crippen LogP contribution in [0.25, 0.3) is 10.9 Å². The van der Waals surface area contributed by atoms with Crippen molar-refractivity contribution in [2.75, 3.05) is 14.2 Å². The molecule has 0 saturated carbocycles. The van der Waals surface area contributed by atoms with Crippen LogP contribution in [-0.2, 0) is 0 Å². The van der Waals surface area contributed by atoms with Crippen LogP contribution in [0.1, 0.15) is 10.5 Å². The number of rotatable bonds is 3. The third-order valence-corrected chi connectivity index (χ3v) is 3.24. The number of carboxylic acid groups (broad SMARTS) is 1. The number of pyridine rings is 1. The third-order valence-electron chi connectivity index (χ3n) is 2.56. The van der Waals surface area contributed by atoms with Crippen molar-refractivity contribution in [3.05, 3.63) is 27.9 Å². The van der Waals surface area contributed by atoms with E-state index >= 15 is 0 Å². The first-order chi connectivity index (χ1) is 8.99. The number of aromatic nitrogens is 1. The number of hydrogen-bond donors (Lipinski definition) is 1. The molecule has 1 aromatic carbocycles. The highest BCUT2D eigenvalue weighted by Gasteiger charge is 2.19. The lowest BCUT2D eigenvalue weighted by Crippen LogP contribution is -2.02. The zero-order chi connectivity index (χ0) is 14.2. The molecule has 0 amide bonds. The molecule has 0 spiro atoms. The van der Waals surface area contributed by atoms with Gasteiger partial charge in [0.15, 0.2) is 5.69 Å². The van der Waals surface area contributed by atoms with Gasteiger partial charge in [0.25, 0.3) is 0 Å². The average Bonchev–Trinajstić information content (AvgIpc) is 2.38. The van der Waals surface area contributed by atoms with Gasteiger partial charge in [0.2, 0.25) is 0 Å². The SMILES string of the molecule is COc1cc(OC)c2nc(C(=O)O)cc(Cl)c2c1Cl. The monoisotopic (exact) mass is 301 g/mol. The maximum atomic E-state index is 11.0. The number of aromatic carboxylic acids is 1. The number of carboxylic acids is 1. The lowest BCUT2D eigenvalue weighted by Gasteiger charge is -2.12. The maximum Gasteiger partial charge on any atom is 0.354 e. The molecule has 0 unspecified atom stereocenters. The third kappa shape index (κ3) is 2.27. The molecule has 0 atom stereocenters. The lowest BCUT2D eigenvalue weighted by molar-refractivity contribution is 0.0691. The second-order valence-corrected chi connectivity index (χ2v) is 4.40. The molecule has 0 saturated heterocycles. The number of fused-ring (bicyclic) bond motifs is 1. The highest BCUT2D eigenvalue weighted by atomic mass is 35.5. The van der Waals surface area contributed by atoms with Gasteiger partial charge in [0, 0.05) is 11.5 Å². The standard InChI is InChI=1S/C12H9Cl2NO4/c1-18-7-4-8(19-2)11-9(10(7)14)5(13)3-6(15-11)12(16)17/h3-4H,1-2H3,(H,16,17). The van der Waals surface area contributed by atoms with Gasteiger partial charge < -0.3 is 14.6 Å². The van der Waals surface area contributed by atoms with Crippen molar-refractivity contribution in [1.82, 2.24) is 4.98 Å². The van der Waals surface area contributed by atoms with E-state index in [1.54, 1.807) is 0 Å². The first-order valence-corrected chi connectivity index (χ1v) is 5.89. The van der Waals surface area contributed by atoms with Crippen LogP contribution < -0.4 is 9.47 Å². The van der Waals surface area contributed by atoms with Crippen LogP contribution in [-0.4, -0.2) is 30.3 Å². The molecule has 100 valence electrons. The fourth-order valence-corrected chi connectivity index (χ4v) is 2.35. The summed E-state index contributed by atoms with van der Waals surface area (Å²) in [5.74, 6) is -0.475. The van der Waals surface area contributed by atoms with Crippen LogP contribution in [0, 0.1) is 0 Å². The van der Waals surface area contributed by atoms with Crippen LogP contribution in [0.4, 0.5) is 0 Å². The van der Waals surface area contributed by atoms with Gasteiger partial charge in [0.1, 0.15) is 17.0 Å². The number of methoxy groups -OCH3 is 2. The Hall–Kier alpha value is -1.72. The molecule has 1 aromatic heterocycles. The summed E-state index contributed by atoms with van der Waals surface area (Å²) in [5, 5.41) is 9.80. The summed E-state index contributed by atoms with van der Waals surface area (Å²) in [5.41, 5.74) is 0.0928. The topological polar surface area (TPSA) is 68.7 Å². The zero-order valence-corrected chi connectivity index (χ0v) is 11.5. The van der Waals surface area contributed by atoms with Crippen molar-refractivity contribution in [2.45, 2.75) is 0 Å². The smallest absolute Gasteiger partial charge is 0.354 e. The minimum Gasteiger partial charge on any atom is -0.495 e. The van der Waals surface area contributed by atoms with Gasteiger partial charge in [-0.1, -0.05) is 23.2 Å². The van der Waals surface area contributed by atoms with Crippen LogP contribution in [0.5, 0.6) is 11.5 Å². The van der Waals surface area contributed by atoms with Gasteiger partial charge in [-0.05, 0) is 6.07 Å². The predicted octanol–water partition coefficient (Wildman–Crippen LogP) is 3.26. The van der Waals surface area contributed by atoms with E-state index in [0.29, 0.717) is 16.9 Å². The Kier molecular flexibility index (Phi) is 3.68. The maximum absolute atomic E-state index is 11.0. The second kappa shape index (κ2) is 5.11. The van der Waals surface area contributed by atoms with Gasteiger partial charge in [-0.15, -0.1) is 0 Å². The summed E-state index contributed by atoms with van der Waals surface area (Å²) in [7, 11) is 2.89. The number of nitrogens with zero attached hydrogens (tertiary/aromatic N) is 1. The fraction of sp³-hybridized carbons (Fsp3) is 0.167. The highest BCUT2D eigenvalue weighted by Crippen LogP contribution is 2.41. The summed E-state index contributed by atoms with van der Waals surface area (Å²) in [6.45, 7) is 0. The van der Waals surface area contributed by atoms with E-state index in [0.717, 1.165) is 0 Å². The Bertz CT molecular complexity index is 673. The highest BCUT2D eigenvalue weighted by molar-refractivity contribution is 6.43. The Morgan fingerprint density at radius 1 is 1.21 bits per heavy atom. The molecule has 0 aliphatic carbocycles. The minimum absolute atomic E-state index is 0.171. The molecule has 19 heavy (non-hydrogen) atoms. The first-order valence-electron chi connectivity index (χ1n) is 5.13. The molecule has 0 aliphatic heterocycles. The van der Waals surface area contributed by atoms with Crippen LogP contribution in [0.15, 0.2) is 12.1 Å². The molecule has 0 fully saturated rings. The quantitative estimate of drug-likeness (QED) is 0.942. The van der Waals surface area contributed by atoms with E-state index in [9.17, 15) is 4.79 Å². The average molecular weight is 302 g/mol. The fourth-order valence-electron chi connectivity index (χ4n) is 1.69. The van der Waals surface area contributed by atoms with Crippen molar-refractivity contribution >= 4 is 40.1 Å². The number of halogens is 2. The van der Waals surface area contributed by atoms with Crippen LogP contribution in [0.3, 0.4) is 0 Å². The molecule has 2 rings (SSSR count). The molecule has 0 aliphatic rings. The minimum atomic E-state index is -1.18. The Labute approximate surface area is 118 Å². The van der Waals surface area contributed by atoms with Crippen molar-refractivity contribution in [2.24, 2.45) is 0 Å². The first kappa shape index (κ1) is 13.7. The zero-order valence-electron chi connectivity index (χ0n) is 10.0. The number of hydrogen-bond acceptors (Lipinski definition) is 4. The largest absolute Gasteiger partial charge is 0.495 e. The van der Waals surface area contributed by atoms with Gasteiger partial charge in [0.05, 0.1) is 24.3 Å². The Balaban J connectivity index is 2.92. The molecule has 1 N–H and O–H groups in total. The summed E-state index contributed by atoms with van der Waals surface area (Å²) < 4.78 is 10.3. The molecular weight excluding hydrogens is 293 g/mol. The summed E-state index contributed by atoms with van der Waals surface area (Å²) in [6, 6.07) is 2.76. The number of ether oxygens (including phenoxy) is 2. The van der Waals surface area contributed by atoms with Crippen molar-refractivity contribution in [3.8, 4) is 11.5 Å². The molecule has 0 radical (unpaired) electrons. The Morgan fingerprint density at radius 2 is 1.84 bits per heavy atom. The van der Waals surface area contributed by atoms with Gasteiger partial charge in [-0.25, -0.2) is 9.78 Å². The molecule has 5 nitrogen and oxygen atoms in total. The van der Waals surface area contributed by atoms with E-state index in [2.05, 4.69) is 4.98 Å². The van der Waals surface area contributed by atoms with Gasteiger partial charge in [-0.3, -0.25) is 0 Å². The van der Waals surface area contributed by atoms with E-state index in [-0.39, 0.29) is 21.3 Å². The summed E-state index contributed by atoms with van der Waals surface area (Å²) in [4.78, 5) is 15.0. The van der Waals surface area contributed by atoms with E-state index < -0.39 is 5.97 Å². The molecule has 1 heterocycles. The normalized spacial score (nSPS) is 10.5. The van der Waals surface area contributed by atoms with Crippen LogP contribution >= 0.6 is 23.2 Å². The molecular formula is C12H9Cl2NO4. The van der Waals surface area contributed by atoms with E-state index in [4.69, 9.17) is 37.8 Å². The molecule has 2 aromatic rings. The van der Waals surface area contributed by atoms with E-state index in [1.165, 1.54) is 26.4 Å². The number of carbonyl (C=O) groups is 1. The summed E-state index contributed by atoms with van der Waals surface area (Å²) in [6.07, 6.45) is 0. The second-order valence-electron chi connectivity index (χ2n) is 3.61. The molecule has 7 heteroatoms. The lowest BCUT2D eigenvalue weighted by atomic mass is 10.1. The van der Waals surface area contributed by atoms with Gasteiger partial charge in [-0.2, -0.15) is 0 Å². The Morgan fingerprint density at radius 3 is 2.37 bits per heavy atom. The summed E-state index contributed by atoms with van der Waals surface area (Å²) >= 11 is 12.2.